The number of esters is 1. The molecule has 1 aromatic carbocycles. The zero-order valence-electron chi connectivity index (χ0n) is 19.1. The highest BCUT2D eigenvalue weighted by Gasteiger charge is 2.37. The Hall–Kier alpha value is -2.67. The van der Waals surface area contributed by atoms with Gasteiger partial charge in [-0.3, -0.25) is 14.7 Å². The van der Waals surface area contributed by atoms with E-state index in [9.17, 15) is 14.0 Å². The van der Waals surface area contributed by atoms with Gasteiger partial charge in [0.05, 0.1) is 18.8 Å². The number of carbonyl (C=O) groups excluding carboxylic acids is 2. The maximum absolute atomic E-state index is 13.9. The van der Waals surface area contributed by atoms with Crippen molar-refractivity contribution < 1.29 is 28.2 Å². The zero-order chi connectivity index (χ0) is 24.9. The number of nitrogens with zero attached hydrogens (tertiary/aromatic N) is 3. The van der Waals surface area contributed by atoms with Crippen LogP contribution in [0.25, 0.3) is 0 Å². The van der Waals surface area contributed by atoms with Gasteiger partial charge in [0.15, 0.2) is 17.1 Å². The Kier molecular flexibility index (Phi) is 8.26. The summed E-state index contributed by atoms with van der Waals surface area (Å²) in [4.78, 5) is 35.5. The van der Waals surface area contributed by atoms with E-state index < -0.39 is 24.1 Å². The van der Waals surface area contributed by atoms with Gasteiger partial charge in [0.1, 0.15) is 18.0 Å². The average Bonchev–Trinajstić information content (AvgIpc) is 3.36. The smallest absolute Gasteiger partial charge is 0.338 e. The molecule has 35 heavy (non-hydrogen) atoms. The molecule has 0 spiro atoms. The van der Waals surface area contributed by atoms with Crippen molar-refractivity contribution in [3.8, 4) is 0 Å². The second kappa shape index (κ2) is 11.4. The number of aliphatic imine (C=N–C) groups is 1. The first kappa shape index (κ1) is 25.4. The van der Waals surface area contributed by atoms with Crippen LogP contribution in [0.15, 0.2) is 50.5 Å². The summed E-state index contributed by atoms with van der Waals surface area (Å²) in [5.41, 5.74) is 1.40. The van der Waals surface area contributed by atoms with E-state index in [2.05, 4.69) is 26.2 Å². The maximum Gasteiger partial charge on any atom is 0.338 e. The van der Waals surface area contributed by atoms with Gasteiger partial charge in [-0.25, -0.2) is 14.2 Å². The molecule has 2 aliphatic rings. The van der Waals surface area contributed by atoms with Gasteiger partial charge in [-0.15, -0.1) is 11.3 Å². The number of nitrogens with one attached hydrogen (secondary N) is 1. The lowest BCUT2D eigenvalue weighted by Gasteiger charge is -2.39. The number of carbonyl (C=O) groups is 2. The van der Waals surface area contributed by atoms with Crippen molar-refractivity contribution in [3.63, 3.8) is 0 Å². The standard InChI is InChI=1S/C23H24BrFN4O5S/c1-3-32-23(31)18-17(11-29-7-8-33-13(2)22(29)34-12-30)27-20(21-26-6-9-35-21)28-19(18)15-5-4-14(25)10-16(15)24/h4-6,9-10,12-13,19,22H,3,7-8,11H2,1-2H3,(H,27,28). The second-order valence-corrected chi connectivity index (χ2v) is 9.54. The van der Waals surface area contributed by atoms with E-state index >= 15 is 0 Å². The van der Waals surface area contributed by atoms with Crippen molar-refractivity contribution in [2.45, 2.75) is 32.2 Å². The summed E-state index contributed by atoms with van der Waals surface area (Å²) in [6, 6.07) is 3.45. The summed E-state index contributed by atoms with van der Waals surface area (Å²) in [5.74, 6) is -0.498. The predicted molar refractivity (Wildman–Crippen MR) is 130 cm³/mol. The molecule has 3 atom stereocenters. The second-order valence-electron chi connectivity index (χ2n) is 7.79. The molecule has 1 N–H and O–H groups in total. The summed E-state index contributed by atoms with van der Waals surface area (Å²) in [5, 5.41) is 5.71. The van der Waals surface area contributed by atoms with E-state index in [1.807, 2.05) is 17.2 Å². The van der Waals surface area contributed by atoms with Crippen molar-refractivity contribution >= 4 is 45.5 Å². The molecule has 4 rings (SSSR count). The van der Waals surface area contributed by atoms with E-state index in [1.165, 1.54) is 23.5 Å². The fourth-order valence-corrected chi connectivity index (χ4v) is 5.21. The fourth-order valence-electron chi connectivity index (χ4n) is 4.06. The van der Waals surface area contributed by atoms with Gasteiger partial charge in [-0.1, -0.05) is 22.0 Å². The topological polar surface area (TPSA) is 102 Å². The highest BCUT2D eigenvalue weighted by Crippen LogP contribution is 2.37. The highest BCUT2D eigenvalue weighted by molar-refractivity contribution is 9.10. The van der Waals surface area contributed by atoms with E-state index in [4.69, 9.17) is 19.2 Å². The summed E-state index contributed by atoms with van der Waals surface area (Å²) < 4.78 is 30.7. The molecule has 0 amide bonds. The lowest BCUT2D eigenvalue weighted by atomic mass is 9.95. The van der Waals surface area contributed by atoms with Crippen LogP contribution in [-0.4, -0.2) is 66.8 Å². The molecule has 0 radical (unpaired) electrons. The summed E-state index contributed by atoms with van der Waals surface area (Å²) in [6.07, 6.45) is 0.657. The molecule has 0 saturated carbocycles. The Labute approximate surface area is 214 Å². The van der Waals surface area contributed by atoms with Crippen LogP contribution in [-0.2, 0) is 23.8 Å². The largest absolute Gasteiger partial charge is 0.463 e. The molecular formula is C23H24BrFN4O5S. The van der Waals surface area contributed by atoms with Gasteiger partial charge in [0.2, 0.25) is 0 Å². The minimum atomic E-state index is -0.789. The molecule has 2 aliphatic heterocycles. The van der Waals surface area contributed by atoms with Gasteiger partial charge in [0.25, 0.3) is 6.47 Å². The van der Waals surface area contributed by atoms with Crippen LogP contribution >= 0.6 is 27.3 Å². The quantitative estimate of drug-likeness (QED) is 0.384. The monoisotopic (exact) mass is 566 g/mol. The Morgan fingerprint density at radius 1 is 1.46 bits per heavy atom. The molecule has 2 aromatic rings. The molecule has 3 unspecified atom stereocenters. The van der Waals surface area contributed by atoms with Gasteiger partial charge in [-0.05, 0) is 31.5 Å². The minimum Gasteiger partial charge on any atom is -0.463 e. The molecule has 9 nitrogen and oxygen atoms in total. The maximum atomic E-state index is 13.9. The first-order valence-electron chi connectivity index (χ1n) is 11.0. The summed E-state index contributed by atoms with van der Waals surface area (Å²) in [7, 11) is 0. The Balaban J connectivity index is 1.82. The highest BCUT2D eigenvalue weighted by atomic mass is 79.9. The first-order chi connectivity index (χ1) is 16.9. The van der Waals surface area contributed by atoms with Gasteiger partial charge >= 0.3 is 5.97 Å². The third-order valence-corrected chi connectivity index (χ3v) is 7.06. The zero-order valence-corrected chi connectivity index (χ0v) is 21.5. The lowest BCUT2D eigenvalue weighted by molar-refractivity contribution is -0.178. The number of benzene rings is 1. The van der Waals surface area contributed by atoms with E-state index in [-0.39, 0.29) is 24.8 Å². The summed E-state index contributed by atoms with van der Waals surface area (Å²) in [6.45, 7) is 5.22. The number of halogens is 2. The van der Waals surface area contributed by atoms with Gasteiger partial charge in [-0.2, -0.15) is 0 Å². The number of amidine groups is 1. The van der Waals surface area contributed by atoms with Crippen LogP contribution in [0.4, 0.5) is 4.39 Å². The van der Waals surface area contributed by atoms with Gasteiger partial charge < -0.3 is 19.5 Å². The van der Waals surface area contributed by atoms with Crippen LogP contribution in [0.5, 0.6) is 0 Å². The molecule has 3 heterocycles. The molecule has 0 aliphatic carbocycles. The molecule has 1 aromatic heterocycles. The van der Waals surface area contributed by atoms with Crippen LogP contribution in [0.3, 0.4) is 0 Å². The van der Waals surface area contributed by atoms with Crippen molar-refractivity contribution in [2.24, 2.45) is 4.99 Å². The molecule has 0 bridgehead atoms. The van der Waals surface area contributed by atoms with Crippen LogP contribution in [0, 0.1) is 5.82 Å². The molecule has 1 saturated heterocycles. The number of thiazole rings is 1. The van der Waals surface area contributed by atoms with E-state index in [0.29, 0.717) is 46.2 Å². The molecule has 186 valence electrons. The van der Waals surface area contributed by atoms with Crippen molar-refractivity contribution in [3.05, 3.63) is 61.9 Å². The van der Waals surface area contributed by atoms with Gasteiger partial charge in [0, 0.05) is 34.8 Å². The van der Waals surface area contributed by atoms with Crippen LogP contribution in [0.1, 0.15) is 30.5 Å². The third kappa shape index (κ3) is 5.61. The number of morpholine rings is 1. The molecule has 12 heteroatoms. The van der Waals surface area contributed by atoms with Crippen LogP contribution in [0.2, 0.25) is 0 Å². The van der Waals surface area contributed by atoms with Crippen molar-refractivity contribution in [1.82, 2.24) is 15.2 Å². The third-order valence-electron chi connectivity index (χ3n) is 5.59. The van der Waals surface area contributed by atoms with Crippen LogP contribution < -0.4 is 5.32 Å². The SMILES string of the molecule is CCOC(=O)C1=C(CN2CCOC(C)C2OC=O)NC(c2nccs2)=NC1c1ccc(F)cc1Br. The van der Waals surface area contributed by atoms with E-state index in [0.717, 1.165) is 0 Å². The minimum absolute atomic E-state index is 0.168. The number of aromatic nitrogens is 1. The Morgan fingerprint density at radius 2 is 2.29 bits per heavy atom. The Morgan fingerprint density at radius 3 is 2.97 bits per heavy atom. The average molecular weight is 567 g/mol. The van der Waals surface area contributed by atoms with Crippen molar-refractivity contribution in [2.75, 3.05) is 26.3 Å². The first-order valence-corrected chi connectivity index (χ1v) is 12.6. The number of hydrogen-bond acceptors (Lipinski definition) is 10. The normalized spacial score (nSPS) is 22.9. The van der Waals surface area contributed by atoms with Crippen molar-refractivity contribution in [1.29, 1.82) is 0 Å². The Bertz CT molecular complexity index is 1140. The lowest BCUT2D eigenvalue weighted by Crippen LogP contribution is -2.53. The number of rotatable bonds is 8. The molecular weight excluding hydrogens is 543 g/mol. The number of hydrogen-bond donors (Lipinski definition) is 1. The number of ether oxygens (including phenoxy) is 3. The summed E-state index contributed by atoms with van der Waals surface area (Å²) >= 11 is 4.81. The molecule has 1 fully saturated rings. The van der Waals surface area contributed by atoms with E-state index in [1.54, 1.807) is 19.2 Å². The predicted octanol–water partition coefficient (Wildman–Crippen LogP) is 3.17. The fraction of sp³-hybridized carbons (Fsp3) is 0.391.